The average Bonchev–Trinajstić information content (AvgIpc) is 3.05. The molecule has 1 heterocycles. The van der Waals surface area contributed by atoms with Crippen molar-refractivity contribution in [2.75, 3.05) is 24.7 Å². The third-order valence-corrected chi connectivity index (χ3v) is 5.27. The molecule has 30 heavy (non-hydrogen) atoms. The van der Waals surface area contributed by atoms with Crippen molar-refractivity contribution in [1.29, 1.82) is 0 Å². The van der Waals surface area contributed by atoms with Gasteiger partial charge in [-0.05, 0) is 82.1 Å². The largest absolute Gasteiger partial charge is 0.494 e. The second-order valence-electron chi connectivity index (χ2n) is 7.40. The summed E-state index contributed by atoms with van der Waals surface area (Å²) in [6.07, 6.45) is 4.25. The predicted molar refractivity (Wildman–Crippen MR) is 122 cm³/mol. The maximum Gasteiger partial charge on any atom is 0.185 e. The molecule has 0 saturated carbocycles. The van der Waals surface area contributed by atoms with Crippen LogP contribution in [0.4, 0.5) is 5.69 Å². The summed E-state index contributed by atoms with van der Waals surface area (Å²) in [6.45, 7) is 7.92. The van der Waals surface area contributed by atoms with Crippen LogP contribution in [0.2, 0.25) is 0 Å². The summed E-state index contributed by atoms with van der Waals surface area (Å²) in [5.41, 5.74) is 1.64. The van der Waals surface area contributed by atoms with Gasteiger partial charge in [0.05, 0.1) is 19.3 Å². The third-order valence-electron chi connectivity index (χ3n) is 5.27. The van der Waals surface area contributed by atoms with Crippen LogP contribution in [0.15, 0.2) is 53.5 Å². The Bertz CT molecular complexity index is 844. The topological polar surface area (TPSA) is 51.1 Å². The minimum absolute atomic E-state index is 0.0684. The Morgan fingerprint density at radius 3 is 2.13 bits per heavy atom. The highest BCUT2D eigenvalue weighted by molar-refractivity contribution is 6.09. The van der Waals surface area contributed by atoms with Crippen molar-refractivity contribution in [1.82, 2.24) is 0 Å². The number of hydrogen-bond acceptors (Lipinski definition) is 5. The minimum Gasteiger partial charge on any atom is -0.494 e. The van der Waals surface area contributed by atoms with Crippen LogP contribution in [0.1, 0.15) is 56.8 Å². The molecule has 1 aliphatic rings. The van der Waals surface area contributed by atoms with E-state index >= 15 is 0 Å². The molecule has 0 N–H and O–H groups in total. The number of rotatable bonds is 8. The molecule has 0 aliphatic carbocycles. The number of carbonyl (C=O) groups excluding carboxylic acids is 1. The number of ether oxygens (including phenoxy) is 2. The fourth-order valence-corrected chi connectivity index (χ4v) is 3.76. The fourth-order valence-electron chi connectivity index (χ4n) is 3.76. The zero-order valence-electron chi connectivity index (χ0n) is 18.3. The van der Waals surface area contributed by atoms with Gasteiger partial charge in [-0.2, -0.15) is 0 Å². The van der Waals surface area contributed by atoms with Crippen LogP contribution in [-0.2, 0) is 0 Å². The van der Waals surface area contributed by atoms with Gasteiger partial charge in [-0.25, -0.2) is 0 Å². The van der Waals surface area contributed by atoms with E-state index in [1.54, 1.807) is 0 Å². The molecular formula is C25H32N2O3. The Morgan fingerprint density at radius 1 is 0.933 bits per heavy atom. The Balaban J connectivity index is 1.89. The van der Waals surface area contributed by atoms with Crippen LogP contribution >= 0.6 is 0 Å². The van der Waals surface area contributed by atoms with Crippen LogP contribution in [0.5, 0.6) is 11.5 Å². The highest BCUT2D eigenvalue weighted by Crippen LogP contribution is 2.26. The van der Waals surface area contributed by atoms with Crippen LogP contribution in [0, 0.1) is 0 Å². The lowest BCUT2D eigenvalue weighted by atomic mass is 10.0. The first-order valence-corrected chi connectivity index (χ1v) is 11.0. The van der Waals surface area contributed by atoms with Gasteiger partial charge in [0.2, 0.25) is 0 Å². The summed E-state index contributed by atoms with van der Waals surface area (Å²) < 4.78 is 11.1. The van der Waals surface area contributed by atoms with E-state index in [9.17, 15) is 4.79 Å². The molecule has 0 spiro atoms. The molecule has 0 fully saturated rings. The van der Waals surface area contributed by atoms with E-state index in [1.165, 1.54) is 6.42 Å². The van der Waals surface area contributed by atoms with Crippen LogP contribution < -0.4 is 14.4 Å². The van der Waals surface area contributed by atoms with Gasteiger partial charge in [-0.3, -0.25) is 9.79 Å². The first-order valence-electron chi connectivity index (χ1n) is 11.0. The SMILES string of the molecule is CCOc1ccc(C(=O)C(C)N(C2=NCCCCC2)c2ccc(OCC)cc2)cc1. The molecule has 5 heteroatoms. The number of nitrogens with zero attached hydrogens (tertiary/aromatic N) is 2. The van der Waals surface area contributed by atoms with E-state index in [4.69, 9.17) is 14.5 Å². The van der Waals surface area contributed by atoms with Gasteiger partial charge in [-0.1, -0.05) is 6.42 Å². The molecule has 0 aromatic heterocycles. The number of ketones is 1. The summed E-state index contributed by atoms with van der Waals surface area (Å²) in [7, 11) is 0. The quantitative estimate of drug-likeness (QED) is 0.539. The zero-order chi connectivity index (χ0) is 21.3. The number of hydrogen-bond donors (Lipinski definition) is 0. The summed E-state index contributed by atoms with van der Waals surface area (Å²) in [5, 5.41) is 0. The van der Waals surface area contributed by atoms with Crippen LogP contribution in [0.3, 0.4) is 0 Å². The maximum absolute atomic E-state index is 13.4. The molecule has 0 amide bonds. The molecule has 1 atom stereocenters. The normalized spacial score (nSPS) is 15.0. The Morgan fingerprint density at radius 2 is 1.53 bits per heavy atom. The predicted octanol–water partition coefficient (Wildman–Crippen LogP) is 5.53. The standard InChI is InChI=1S/C25H32N2O3/c1-4-29-22-14-10-20(11-15-22)25(28)19(3)27(24-9-7-6-8-18-26-24)21-12-16-23(17-13-21)30-5-2/h10-17,19H,4-9,18H2,1-3H3. The first kappa shape index (κ1) is 21.9. The molecule has 5 nitrogen and oxygen atoms in total. The van der Waals surface area contributed by atoms with Crippen LogP contribution in [0.25, 0.3) is 0 Å². The number of amidine groups is 1. The van der Waals surface area contributed by atoms with Gasteiger partial charge in [0.25, 0.3) is 0 Å². The smallest absolute Gasteiger partial charge is 0.185 e. The van der Waals surface area contributed by atoms with Gasteiger partial charge in [0.1, 0.15) is 17.3 Å². The molecule has 3 rings (SSSR count). The second kappa shape index (κ2) is 10.8. The summed E-state index contributed by atoms with van der Waals surface area (Å²) in [5.74, 6) is 2.66. The molecule has 0 radical (unpaired) electrons. The average molecular weight is 409 g/mol. The summed E-state index contributed by atoms with van der Waals surface area (Å²) in [4.78, 5) is 20.3. The lowest BCUT2D eigenvalue weighted by Crippen LogP contribution is -2.43. The van der Waals surface area contributed by atoms with E-state index in [2.05, 4.69) is 4.90 Å². The van der Waals surface area contributed by atoms with Gasteiger partial charge < -0.3 is 14.4 Å². The Kier molecular flexibility index (Phi) is 7.89. The molecule has 2 aromatic carbocycles. The molecule has 0 saturated heterocycles. The zero-order valence-corrected chi connectivity index (χ0v) is 18.3. The number of benzene rings is 2. The van der Waals surface area contributed by atoms with Gasteiger partial charge in [-0.15, -0.1) is 0 Å². The lowest BCUT2D eigenvalue weighted by Gasteiger charge is -2.31. The van der Waals surface area contributed by atoms with Crippen molar-refractivity contribution in [3.8, 4) is 11.5 Å². The molecule has 2 aromatic rings. The summed E-state index contributed by atoms with van der Waals surface area (Å²) >= 11 is 0. The minimum atomic E-state index is -0.363. The third kappa shape index (κ3) is 5.41. The number of Topliss-reactive ketones (excluding diaryl/α,β-unsaturated/α-hetero) is 1. The van der Waals surface area contributed by atoms with Crippen molar-refractivity contribution in [3.63, 3.8) is 0 Å². The molecule has 1 unspecified atom stereocenters. The Labute approximate surface area is 179 Å². The molecular weight excluding hydrogens is 376 g/mol. The highest BCUT2D eigenvalue weighted by Gasteiger charge is 2.27. The number of aliphatic imine (C=N–C) groups is 1. The van der Waals surface area contributed by atoms with Gasteiger partial charge >= 0.3 is 0 Å². The number of carbonyl (C=O) groups is 1. The van der Waals surface area contributed by atoms with E-state index in [0.29, 0.717) is 18.8 Å². The molecule has 160 valence electrons. The van der Waals surface area contributed by atoms with E-state index in [0.717, 1.165) is 48.8 Å². The first-order chi connectivity index (χ1) is 14.6. The van der Waals surface area contributed by atoms with Crippen molar-refractivity contribution in [2.45, 2.75) is 52.5 Å². The van der Waals surface area contributed by atoms with Crippen molar-refractivity contribution in [2.24, 2.45) is 4.99 Å². The van der Waals surface area contributed by atoms with E-state index in [1.807, 2.05) is 69.3 Å². The van der Waals surface area contributed by atoms with Crippen LogP contribution in [-0.4, -0.2) is 37.4 Å². The van der Waals surface area contributed by atoms with Crippen molar-refractivity contribution in [3.05, 3.63) is 54.1 Å². The van der Waals surface area contributed by atoms with Crippen molar-refractivity contribution >= 4 is 17.3 Å². The summed E-state index contributed by atoms with van der Waals surface area (Å²) in [6, 6.07) is 15.0. The number of anilines is 1. The highest BCUT2D eigenvalue weighted by atomic mass is 16.5. The monoisotopic (exact) mass is 408 g/mol. The van der Waals surface area contributed by atoms with Crippen molar-refractivity contribution < 1.29 is 14.3 Å². The van der Waals surface area contributed by atoms with Gasteiger partial charge in [0.15, 0.2) is 5.78 Å². The lowest BCUT2D eigenvalue weighted by molar-refractivity contribution is 0.0969. The molecule has 0 bridgehead atoms. The molecule has 1 aliphatic heterocycles. The van der Waals surface area contributed by atoms with Gasteiger partial charge in [0, 0.05) is 24.2 Å². The second-order valence-corrected chi connectivity index (χ2v) is 7.40. The fraction of sp³-hybridized carbons (Fsp3) is 0.440. The van der Waals surface area contributed by atoms with E-state index in [-0.39, 0.29) is 11.8 Å². The Hall–Kier alpha value is -2.82. The van der Waals surface area contributed by atoms with E-state index < -0.39 is 0 Å². The maximum atomic E-state index is 13.4.